The van der Waals surface area contributed by atoms with Crippen LogP contribution in [0.4, 0.5) is 5.82 Å². The number of phenolic OH excluding ortho intramolecular Hbond substituents is 1. The number of aromatic hydroxyl groups is 1. The molecule has 3 rings (SSSR count). The van der Waals surface area contributed by atoms with Crippen molar-refractivity contribution in [3.05, 3.63) is 46.1 Å². The SMILES string of the molecule is CC[NH+](CC)Cc1cc(/C(C)=N/Nc2ncnc3sc(C)c(C)c23)ccc1O. The van der Waals surface area contributed by atoms with Crippen molar-refractivity contribution in [2.75, 3.05) is 18.5 Å². The number of quaternary nitrogens is 1. The summed E-state index contributed by atoms with van der Waals surface area (Å²) >= 11 is 1.67. The van der Waals surface area contributed by atoms with Crippen LogP contribution in [0.3, 0.4) is 0 Å². The van der Waals surface area contributed by atoms with Gasteiger partial charge >= 0.3 is 0 Å². The lowest BCUT2D eigenvalue weighted by Gasteiger charge is -2.16. The third-order valence-corrected chi connectivity index (χ3v) is 6.35. The molecule has 0 aliphatic rings. The molecule has 2 heterocycles. The number of aryl methyl sites for hydroxylation is 2. The number of hydrazone groups is 1. The molecule has 0 radical (unpaired) electrons. The average molecular weight is 399 g/mol. The summed E-state index contributed by atoms with van der Waals surface area (Å²) < 4.78 is 0. The van der Waals surface area contributed by atoms with Crippen LogP contribution in [-0.4, -0.2) is 33.9 Å². The molecule has 0 spiro atoms. The highest BCUT2D eigenvalue weighted by molar-refractivity contribution is 7.18. The van der Waals surface area contributed by atoms with Crippen LogP contribution in [0.5, 0.6) is 5.75 Å². The van der Waals surface area contributed by atoms with E-state index in [1.165, 1.54) is 15.3 Å². The van der Waals surface area contributed by atoms with Crippen molar-refractivity contribution in [1.29, 1.82) is 0 Å². The molecule has 0 aliphatic heterocycles. The standard InChI is InChI=1S/C21H27N5OS/c1-6-26(7-2)11-17-10-16(8-9-18(17)27)14(4)24-25-20-19-13(3)15(5)28-21(19)23-12-22-20/h8-10,12,27H,6-7,11H2,1-5H3,(H,22,23,25)/p+1/b24-14+. The first-order valence-electron chi connectivity index (χ1n) is 9.61. The Hall–Kier alpha value is -2.51. The largest absolute Gasteiger partial charge is 0.507 e. The topological polar surface area (TPSA) is 74.8 Å². The Labute approximate surface area is 170 Å². The van der Waals surface area contributed by atoms with E-state index in [2.05, 4.69) is 48.2 Å². The summed E-state index contributed by atoms with van der Waals surface area (Å²) in [5.74, 6) is 1.06. The molecular weight excluding hydrogens is 370 g/mol. The van der Waals surface area contributed by atoms with Crippen LogP contribution < -0.4 is 10.3 Å². The molecule has 0 amide bonds. The van der Waals surface area contributed by atoms with Crippen molar-refractivity contribution in [2.45, 2.75) is 41.2 Å². The third kappa shape index (κ3) is 4.15. The number of fused-ring (bicyclic) bond motifs is 1. The minimum atomic E-state index is 0.339. The first-order chi connectivity index (χ1) is 13.4. The maximum atomic E-state index is 10.2. The number of hydrogen-bond acceptors (Lipinski definition) is 6. The van der Waals surface area contributed by atoms with Crippen molar-refractivity contribution < 1.29 is 10.0 Å². The molecular formula is C21H28N5OS+. The van der Waals surface area contributed by atoms with E-state index in [9.17, 15) is 5.11 Å². The molecule has 28 heavy (non-hydrogen) atoms. The van der Waals surface area contributed by atoms with Crippen LogP contribution in [0.15, 0.2) is 29.6 Å². The Morgan fingerprint density at radius 1 is 1.21 bits per heavy atom. The molecule has 0 saturated carbocycles. The van der Waals surface area contributed by atoms with Crippen LogP contribution in [0.25, 0.3) is 10.2 Å². The highest BCUT2D eigenvalue weighted by atomic mass is 32.1. The van der Waals surface area contributed by atoms with E-state index in [1.807, 2.05) is 19.1 Å². The van der Waals surface area contributed by atoms with Gasteiger partial charge < -0.3 is 10.0 Å². The Bertz CT molecular complexity index is 1010. The zero-order valence-electron chi connectivity index (χ0n) is 17.1. The van der Waals surface area contributed by atoms with E-state index in [4.69, 9.17) is 0 Å². The number of benzene rings is 1. The number of anilines is 1. The molecule has 0 unspecified atom stereocenters. The number of rotatable bonds is 7. The van der Waals surface area contributed by atoms with E-state index in [0.29, 0.717) is 5.75 Å². The summed E-state index contributed by atoms with van der Waals surface area (Å²) in [6.45, 7) is 13.3. The van der Waals surface area contributed by atoms with E-state index >= 15 is 0 Å². The van der Waals surface area contributed by atoms with Gasteiger partial charge in [0, 0.05) is 10.4 Å². The van der Waals surface area contributed by atoms with E-state index in [0.717, 1.165) is 52.5 Å². The summed E-state index contributed by atoms with van der Waals surface area (Å²) in [5.41, 5.74) is 7.06. The molecule has 1 aromatic carbocycles. The monoisotopic (exact) mass is 398 g/mol. The van der Waals surface area contributed by atoms with Crippen LogP contribution in [0.1, 0.15) is 42.3 Å². The summed E-state index contributed by atoms with van der Waals surface area (Å²) in [5, 5.41) is 15.8. The highest BCUT2D eigenvalue weighted by Crippen LogP contribution is 2.32. The van der Waals surface area contributed by atoms with E-state index in [1.54, 1.807) is 23.7 Å². The summed E-state index contributed by atoms with van der Waals surface area (Å²) in [7, 11) is 0. The molecule has 3 N–H and O–H groups in total. The number of nitrogens with zero attached hydrogens (tertiary/aromatic N) is 3. The van der Waals surface area contributed by atoms with Gasteiger partial charge in [0.05, 0.1) is 24.2 Å². The van der Waals surface area contributed by atoms with Gasteiger partial charge in [-0.1, -0.05) is 0 Å². The molecule has 0 atom stereocenters. The third-order valence-electron chi connectivity index (χ3n) is 5.23. The maximum Gasteiger partial charge on any atom is 0.158 e. The Balaban J connectivity index is 1.86. The fraction of sp³-hybridized carbons (Fsp3) is 0.381. The van der Waals surface area contributed by atoms with Gasteiger partial charge in [0.25, 0.3) is 0 Å². The van der Waals surface area contributed by atoms with Gasteiger partial charge in [-0.2, -0.15) is 5.10 Å². The van der Waals surface area contributed by atoms with Crippen LogP contribution in [-0.2, 0) is 6.54 Å². The summed E-state index contributed by atoms with van der Waals surface area (Å²) in [4.78, 5) is 12.4. The fourth-order valence-corrected chi connectivity index (χ4v) is 4.19. The molecule has 3 aromatic rings. The van der Waals surface area contributed by atoms with Crippen molar-refractivity contribution in [1.82, 2.24) is 9.97 Å². The lowest BCUT2D eigenvalue weighted by atomic mass is 10.1. The van der Waals surface area contributed by atoms with Crippen LogP contribution in [0.2, 0.25) is 0 Å². The second kappa shape index (κ2) is 8.67. The van der Waals surface area contributed by atoms with Crippen LogP contribution in [0, 0.1) is 13.8 Å². The normalized spacial score (nSPS) is 12.1. The zero-order valence-corrected chi connectivity index (χ0v) is 17.9. The number of hydrogen-bond donors (Lipinski definition) is 3. The van der Waals surface area contributed by atoms with Gasteiger partial charge in [0.1, 0.15) is 23.5 Å². The molecule has 6 nitrogen and oxygen atoms in total. The molecule has 0 aliphatic carbocycles. The molecule has 7 heteroatoms. The minimum Gasteiger partial charge on any atom is -0.507 e. The lowest BCUT2D eigenvalue weighted by molar-refractivity contribution is -0.910. The lowest BCUT2D eigenvalue weighted by Crippen LogP contribution is -3.10. The van der Waals surface area contributed by atoms with Gasteiger partial charge in [-0.05, 0) is 63.9 Å². The summed E-state index contributed by atoms with van der Waals surface area (Å²) in [6, 6.07) is 5.67. The molecule has 0 saturated heterocycles. The fourth-order valence-electron chi connectivity index (χ4n) is 3.19. The van der Waals surface area contributed by atoms with E-state index in [-0.39, 0.29) is 0 Å². The quantitative estimate of drug-likeness (QED) is 0.422. The number of aromatic nitrogens is 2. The Morgan fingerprint density at radius 2 is 1.96 bits per heavy atom. The number of thiophene rings is 1. The van der Waals surface area contributed by atoms with Gasteiger partial charge in [-0.25, -0.2) is 9.97 Å². The van der Waals surface area contributed by atoms with Crippen molar-refractivity contribution in [2.24, 2.45) is 5.10 Å². The minimum absolute atomic E-state index is 0.339. The Morgan fingerprint density at radius 3 is 2.68 bits per heavy atom. The van der Waals surface area contributed by atoms with Gasteiger partial charge in [0.15, 0.2) is 5.82 Å². The van der Waals surface area contributed by atoms with Crippen molar-refractivity contribution in [3.8, 4) is 5.75 Å². The second-order valence-corrected chi connectivity index (χ2v) is 8.18. The Kier molecular flexibility index (Phi) is 6.26. The predicted molar refractivity (Wildman–Crippen MR) is 117 cm³/mol. The maximum absolute atomic E-state index is 10.2. The van der Waals surface area contributed by atoms with E-state index < -0.39 is 0 Å². The van der Waals surface area contributed by atoms with Gasteiger partial charge in [0.2, 0.25) is 0 Å². The predicted octanol–water partition coefficient (Wildman–Crippen LogP) is 3.27. The van der Waals surface area contributed by atoms with Gasteiger partial charge in [-0.3, -0.25) is 5.43 Å². The molecule has 0 fully saturated rings. The molecule has 2 aromatic heterocycles. The second-order valence-electron chi connectivity index (χ2n) is 6.97. The van der Waals surface area contributed by atoms with Gasteiger partial charge in [-0.15, -0.1) is 11.3 Å². The number of phenols is 1. The molecule has 0 bridgehead atoms. The molecule has 148 valence electrons. The first kappa shape index (κ1) is 20.2. The van der Waals surface area contributed by atoms with Crippen LogP contribution >= 0.6 is 11.3 Å². The smallest absolute Gasteiger partial charge is 0.158 e. The zero-order chi connectivity index (χ0) is 20.3. The summed E-state index contributed by atoms with van der Waals surface area (Å²) in [6.07, 6.45) is 1.57. The van der Waals surface area contributed by atoms with Crippen molar-refractivity contribution >= 4 is 33.1 Å². The average Bonchev–Trinajstić information content (AvgIpc) is 2.99. The first-order valence-corrected chi connectivity index (χ1v) is 10.4. The number of nitrogens with one attached hydrogen (secondary N) is 2. The van der Waals surface area contributed by atoms with Crippen molar-refractivity contribution in [3.63, 3.8) is 0 Å². The highest BCUT2D eigenvalue weighted by Gasteiger charge is 2.13.